The molecular formula is C25H21NO3. The quantitative estimate of drug-likeness (QED) is 0.457. The van der Waals surface area contributed by atoms with Gasteiger partial charge in [-0.1, -0.05) is 30.3 Å². The Hall–Kier alpha value is -3.40. The van der Waals surface area contributed by atoms with E-state index in [1.54, 1.807) is 6.26 Å². The summed E-state index contributed by atoms with van der Waals surface area (Å²) in [7, 11) is 0. The molecule has 144 valence electrons. The Morgan fingerprint density at radius 1 is 0.862 bits per heavy atom. The van der Waals surface area contributed by atoms with Crippen molar-refractivity contribution >= 4 is 16.7 Å². The summed E-state index contributed by atoms with van der Waals surface area (Å²) in [5.74, 6) is 1.65. The average molecular weight is 383 g/mol. The minimum absolute atomic E-state index is 0.0586. The average Bonchev–Trinajstić information content (AvgIpc) is 3.26. The van der Waals surface area contributed by atoms with Gasteiger partial charge in [0, 0.05) is 24.2 Å². The maximum absolute atomic E-state index is 6.19. The molecule has 4 aromatic rings. The van der Waals surface area contributed by atoms with Crippen LogP contribution in [0.2, 0.25) is 0 Å². The van der Waals surface area contributed by atoms with Crippen LogP contribution in [0.5, 0.6) is 11.5 Å². The van der Waals surface area contributed by atoms with Crippen LogP contribution in [0.15, 0.2) is 77.4 Å². The van der Waals surface area contributed by atoms with Crippen molar-refractivity contribution in [2.45, 2.75) is 19.1 Å². The number of hydrogen-bond donors (Lipinski definition) is 0. The number of hydrogen-bond acceptors (Lipinski definition) is 4. The Bertz CT molecular complexity index is 1200. The Kier molecular flexibility index (Phi) is 3.76. The second-order valence-corrected chi connectivity index (χ2v) is 7.71. The van der Waals surface area contributed by atoms with Crippen LogP contribution in [0.4, 0.5) is 5.69 Å². The molecule has 29 heavy (non-hydrogen) atoms. The molecule has 0 saturated carbocycles. The molecule has 1 aromatic heterocycles. The summed E-state index contributed by atoms with van der Waals surface area (Å²) >= 11 is 0. The van der Waals surface area contributed by atoms with Crippen molar-refractivity contribution < 1.29 is 13.9 Å². The first-order chi connectivity index (χ1) is 14.3. The summed E-state index contributed by atoms with van der Waals surface area (Å²) in [6.45, 7) is 2.47. The van der Waals surface area contributed by atoms with Crippen LogP contribution in [0.25, 0.3) is 11.0 Å². The van der Waals surface area contributed by atoms with Crippen molar-refractivity contribution in [1.82, 2.24) is 0 Å². The maximum Gasteiger partial charge on any atom is 0.162 e. The standard InChI is InChI=1S/C25H21NO3/c1-2-4-24-23(3-1)28-16-25(29-24)18-5-6-20-15-26(11-9-17(20)13-18)21-7-8-22-19(14-21)10-12-27-22/h1-8,10,12-14,25H,9,11,15-16H2. The van der Waals surface area contributed by atoms with Gasteiger partial charge in [0.15, 0.2) is 17.6 Å². The number of fused-ring (bicyclic) bond motifs is 3. The van der Waals surface area contributed by atoms with E-state index in [0.29, 0.717) is 6.61 Å². The smallest absolute Gasteiger partial charge is 0.162 e. The molecule has 1 unspecified atom stereocenters. The van der Waals surface area contributed by atoms with Crippen LogP contribution in [0.1, 0.15) is 22.8 Å². The second kappa shape index (κ2) is 6.59. The lowest BCUT2D eigenvalue weighted by atomic mass is 9.95. The molecule has 0 N–H and O–H groups in total. The number of furan rings is 1. The lowest BCUT2D eigenvalue weighted by molar-refractivity contribution is 0.0912. The van der Waals surface area contributed by atoms with Crippen LogP contribution in [0.3, 0.4) is 0 Å². The zero-order valence-electron chi connectivity index (χ0n) is 16.0. The molecule has 6 rings (SSSR count). The number of ether oxygens (including phenoxy) is 2. The lowest BCUT2D eigenvalue weighted by Gasteiger charge is -2.32. The molecule has 3 aromatic carbocycles. The zero-order valence-corrected chi connectivity index (χ0v) is 16.0. The number of para-hydroxylation sites is 2. The van der Waals surface area contributed by atoms with E-state index in [0.717, 1.165) is 42.0 Å². The van der Waals surface area contributed by atoms with Crippen molar-refractivity contribution in [3.63, 3.8) is 0 Å². The first-order valence-corrected chi connectivity index (χ1v) is 10.1. The monoisotopic (exact) mass is 383 g/mol. The summed E-state index contributed by atoms with van der Waals surface area (Å²) in [5, 5.41) is 1.15. The fourth-order valence-electron chi connectivity index (χ4n) is 4.33. The van der Waals surface area contributed by atoms with E-state index >= 15 is 0 Å². The third kappa shape index (κ3) is 2.92. The molecule has 0 fully saturated rings. The zero-order chi connectivity index (χ0) is 19.2. The molecule has 0 radical (unpaired) electrons. The molecular weight excluding hydrogens is 362 g/mol. The fourth-order valence-corrected chi connectivity index (χ4v) is 4.33. The fraction of sp³-hybridized carbons (Fsp3) is 0.200. The van der Waals surface area contributed by atoms with Gasteiger partial charge in [0.05, 0.1) is 6.26 Å². The third-order valence-corrected chi connectivity index (χ3v) is 5.92. The normalized spacial score (nSPS) is 17.9. The summed E-state index contributed by atoms with van der Waals surface area (Å²) in [5.41, 5.74) is 6.16. The Morgan fingerprint density at radius 3 is 2.76 bits per heavy atom. The summed E-state index contributed by atoms with van der Waals surface area (Å²) < 4.78 is 17.6. The van der Waals surface area contributed by atoms with Gasteiger partial charge in [0.1, 0.15) is 12.2 Å². The Balaban J connectivity index is 1.24. The Morgan fingerprint density at radius 2 is 1.79 bits per heavy atom. The highest BCUT2D eigenvalue weighted by Crippen LogP contribution is 2.37. The molecule has 0 spiro atoms. The van der Waals surface area contributed by atoms with Crippen LogP contribution >= 0.6 is 0 Å². The van der Waals surface area contributed by atoms with E-state index in [4.69, 9.17) is 13.9 Å². The van der Waals surface area contributed by atoms with Gasteiger partial charge in [0.25, 0.3) is 0 Å². The lowest BCUT2D eigenvalue weighted by Crippen LogP contribution is -2.30. The van der Waals surface area contributed by atoms with E-state index in [1.165, 1.54) is 22.4 Å². The second-order valence-electron chi connectivity index (χ2n) is 7.71. The van der Waals surface area contributed by atoms with Gasteiger partial charge in [-0.25, -0.2) is 0 Å². The van der Waals surface area contributed by atoms with Crippen molar-refractivity contribution in [2.75, 3.05) is 18.1 Å². The molecule has 3 heterocycles. The van der Waals surface area contributed by atoms with Crippen molar-refractivity contribution in [3.05, 3.63) is 89.7 Å². The first-order valence-electron chi connectivity index (χ1n) is 10.1. The number of benzene rings is 3. The van der Waals surface area contributed by atoms with Crippen LogP contribution in [0, 0.1) is 0 Å². The SMILES string of the molecule is c1ccc2c(c1)OCC(c1ccc3c(c1)CCN(c1ccc4occc4c1)C3)O2. The highest BCUT2D eigenvalue weighted by molar-refractivity contribution is 5.81. The highest BCUT2D eigenvalue weighted by atomic mass is 16.6. The van der Waals surface area contributed by atoms with Crippen molar-refractivity contribution in [1.29, 1.82) is 0 Å². The first kappa shape index (κ1) is 16.5. The molecule has 0 amide bonds. The van der Waals surface area contributed by atoms with E-state index in [-0.39, 0.29) is 6.10 Å². The van der Waals surface area contributed by atoms with E-state index < -0.39 is 0 Å². The van der Waals surface area contributed by atoms with Crippen LogP contribution < -0.4 is 14.4 Å². The van der Waals surface area contributed by atoms with Gasteiger partial charge in [-0.15, -0.1) is 0 Å². The molecule has 4 heteroatoms. The van der Waals surface area contributed by atoms with E-state index in [2.05, 4.69) is 41.3 Å². The van der Waals surface area contributed by atoms with Crippen LogP contribution in [-0.2, 0) is 13.0 Å². The van der Waals surface area contributed by atoms with Gasteiger partial charge in [-0.2, -0.15) is 0 Å². The van der Waals surface area contributed by atoms with Crippen LogP contribution in [-0.4, -0.2) is 13.2 Å². The van der Waals surface area contributed by atoms with Gasteiger partial charge < -0.3 is 18.8 Å². The molecule has 2 aliphatic rings. The number of nitrogens with zero attached hydrogens (tertiary/aromatic N) is 1. The van der Waals surface area contributed by atoms with Crippen molar-refractivity contribution in [3.8, 4) is 11.5 Å². The molecule has 1 atom stereocenters. The van der Waals surface area contributed by atoms with E-state index in [9.17, 15) is 0 Å². The topological polar surface area (TPSA) is 34.8 Å². The summed E-state index contributed by atoms with van der Waals surface area (Å²) in [6, 6.07) is 23.0. The molecule has 2 aliphatic heterocycles. The third-order valence-electron chi connectivity index (χ3n) is 5.92. The van der Waals surface area contributed by atoms with Gasteiger partial charge in [0.2, 0.25) is 0 Å². The molecule has 0 aliphatic carbocycles. The molecule has 4 nitrogen and oxygen atoms in total. The minimum Gasteiger partial charge on any atom is -0.485 e. The largest absolute Gasteiger partial charge is 0.485 e. The van der Waals surface area contributed by atoms with Gasteiger partial charge in [-0.3, -0.25) is 0 Å². The maximum atomic E-state index is 6.19. The predicted octanol–water partition coefficient (Wildman–Crippen LogP) is 5.51. The van der Waals surface area contributed by atoms with Gasteiger partial charge >= 0.3 is 0 Å². The minimum atomic E-state index is -0.0586. The molecule has 0 bridgehead atoms. The predicted molar refractivity (Wildman–Crippen MR) is 113 cm³/mol. The summed E-state index contributed by atoms with van der Waals surface area (Å²) in [4.78, 5) is 2.44. The van der Waals surface area contributed by atoms with Gasteiger partial charge in [-0.05, 0) is 59.5 Å². The van der Waals surface area contributed by atoms with E-state index in [1.807, 2.05) is 30.3 Å². The number of rotatable bonds is 2. The molecule has 0 saturated heterocycles. The van der Waals surface area contributed by atoms with Crippen molar-refractivity contribution in [2.24, 2.45) is 0 Å². The number of anilines is 1. The summed E-state index contributed by atoms with van der Waals surface area (Å²) in [6.07, 6.45) is 2.71. The highest BCUT2D eigenvalue weighted by Gasteiger charge is 2.24. The Labute approximate surface area is 169 Å².